The number of nitrogens with one attached hydrogen (secondary N) is 1. The molecule has 1 unspecified atom stereocenters. The monoisotopic (exact) mass is 266 g/mol. The van der Waals surface area contributed by atoms with Crippen molar-refractivity contribution in [2.75, 3.05) is 26.7 Å². The molecule has 6 heteroatoms. The summed E-state index contributed by atoms with van der Waals surface area (Å²) in [6, 6.07) is 0.206. The number of hydrogen-bond donors (Lipinski definition) is 1. The van der Waals surface area contributed by atoms with Crippen LogP contribution >= 0.6 is 0 Å². The highest BCUT2D eigenvalue weighted by molar-refractivity contribution is 4.97. The first-order valence-electron chi connectivity index (χ1n) is 7.18. The van der Waals surface area contributed by atoms with Crippen LogP contribution in [0.1, 0.15) is 43.4 Å². The van der Waals surface area contributed by atoms with Crippen LogP contribution in [0.5, 0.6) is 0 Å². The van der Waals surface area contributed by atoms with Gasteiger partial charge in [-0.1, -0.05) is 18.0 Å². The Bertz CT molecular complexity index is 403. The van der Waals surface area contributed by atoms with Crippen LogP contribution in [-0.4, -0.2) is 47.8 Å². The lowest BCUT2D eigenvalue weighted by Crippen LogP contribution is -2.44. The predicted octanol–water partition coefficient (Wildman–Crippen LogP) is 1.10. The summed E-state index contributed by atoms with van der Waals surface area (Å²) in [4.78, 5) is 6.71. The number of hydrogen-bond acceptors (Lipinski definition) is 6. The minimum Gasteiger partial charge on any atom is -0.368 e. The van der Waals surface area contributed by atoms with E-state index in [0.717, 1.165) is 38.3 Å². The number of piperazine rings is 1. The molecule has 1 aromatic rings. The number of aromatic nitrogens is 2. The first-order chi connectivity index (χ1) is 9.33. The summed E-state index contributed by atoms with van der Waals surface area (Å²) in [5.74, 6) is 1.36. The molecule has 2 heterocycles. The van der Waals surface area contributed by atoms with Crippen LogP contribution in [0, 0.1) is 0 Å². The molecule has 0 amide bonds. The number of rotatable bonds is 4. The van der Waals surface area contributed by atoms with Gasteiger partial charge in [-0.25, -0.2) is 0 Å². The van der Waals surface area contributed by atoms with Crippen molar-refractivity contribution in [2.24, 2.45) is 0 Å². The molecule has 2 aliphatic rings. The maximum atomic E-state index is 5.79. The first kappa shape index (κ1) is 13.0. The SMILES string of the molecule is CN1CCNCC1c1noc(COC2CCCC2)n1. The van der Waals surface area contributed by atoms with E-state index in [1.165, 1.54) is 12.8 Å². The van der Waals surface area contributed by atoms with E-state index < -0.39 is 0 Å². The van der Waals surface area contributed by atoms with Gasteiger partial charge in [0.2, 0.25) is 0 Å². The molecule has 19 heavy (non-hydrogen) atoms. The van der Waals surface area contributed by atoms with Gasteiger partial charge in [-0.05, 0) is 19.9 Å². The molecule has 0 aromatic carbocycles. The van der Waals surface area contributed by atoms with Crippen LogP contribution in [0.2, 0.25) is 0 Å². The Kier molecular flexibility index (Phi) is 4.10. The van der Waals surface area contributed by atoms with Gasteiger partial charge in [0, 0.05) is 19.6 Å². The van der Waals surface area contributed by atoms with Gasteiger partial charge in [0.15, 0.2) is 5.82 Å². The third-order valence-electron chi connectivity index (χ3n) is 4.04. The molecule has 1 atom stereocenters. The lowest BCUT2D eigenvalue weighted by atomic mass is 10.2. The fraction of sp³-hybridized carbons (Fsp3) is 0.846. The summed E-state index contributed by atoms with van der Waals surface area (Å²) < 4.78 is 11.1. The Balaban J connectivity index is 1.56. The van der Waals surface area contributed by atoms with Crippen LogP contribution < -0.4 is 5.32 Å². The minimum atomic E-state index is 0.206. The van der Waals surface area contributed by atoms with E-state index >= 15 is 0 Å². The van der Waals surface area contributed by atoms with E-state index in [-0.39, 0.29) is 6.04 Å². The smallest absolute Gasteiger partial charge is 0.252 e. The lowest BCUT2D eigenvalue weighted by Gasteiger charge is -2.30. The molecular weight excluding hydrogens is 244 g/mol. The molecule has 2 fully saturated rings. The summed E-state index contributed by atoms with van der Waals surface area (Å²) >= 11 is 0. The largest absolute Gasteiger partial charge is 0.368 e. The number of likely N-dealkylation sites (N-methyl/N-ethyl adjacent to an activating group) is 1. The van der Waals surface area contributed by atoms with Gasteiger partial charge in [-0.3, -0.25) is 4.90 Å². The molecule has 106 valence electrons. The van der Waals surface area contributed by atoms with E-state index in [2.05, 4.69) is 27.4 Å². The standard InChI is InChI=1S/C13H22N4O2/c1-17-7-6-14-8-11(17)13-15-12(19-16-13)9-18-10-4-2-3-5-10/h10-11,14H,2-9H2,1H3. The van der Waals surface area contributed by atoms with Crippen molar-refractivity contribution in [3.05, 3.63) is 11.7 Å². The molecule has 1 saturated carbocycles. The van der Waals surface area contributed by atoms with Crippen molar-refractivity contribution in [3.63, 3.8) is 0 Å². The van der Waals surface area contributed by atoms with E-state index in [1.807, 2.05) is 0 Å². The number of ether oxygens (including phenoxy) is 1. The van der Waals surface area contributed by atoms with Crippen molar-refractivity contribution in [1.29, 1.82) is 0 Å². The summed E-state index contributed by atoms with van der Waals surface area (Å²) in [5.41, 5.74) is 0. The quantitative estimate of drug-likeness (QED) is 0.880. The average molecular weight is 266 g/mol. The summed E-state index contributed by atoms with van der Waals surface area (Å²) in [5, 5.41) is 7.44. The second kappa shape index (κ2) is 5.98. The molecule has 1 aromatic heterocycles. The molecule has 0 bridgehead atoms. The Hall–Kier alpha value is -0.980. The van der Waals surface area contributed by atoms with Crippen molar-refractivity contribution < 1.29 is 9.26 Å². The van der Waals surface area contributed by atoms with Gasteiger partial charge < -0.3 is 14.6 Å². The second-order valence-electron chi connectivity index (χ2n) is 5.46. The molecule has 3 rings (SSSR count). The van der Waals surface area contributed by atoms with Crippen LogP contribution in [0.4, 0.5) is 0 Å². The van der Waals surface area contributed by atoms with Gasteiger partial charge in [0.05, 0.1) is 12.1 Å². The minimum absolute atomic E-state index is 0.206. The van der Waals surface area contributed by atoms with Crippen LogP contribution in [0.15, 0.2) is 4.52 Å². The normalized spacial score (nSPS) is 26.1. The highest BCUT2D eigenvalue weighted by Gasteiger charge is 2.25. The topological polar surface area (TPSA) is 63.4 Å². The molecule has 0 radical (unpaired) electrons. The summed E-state index contributed by atoms with van der Waals surface area (Å²) in [7, 11) is 2.09. The summed E-state index contributed by atoms with van der Waals surface area (Å²) in [6.07, 6.45) is 5.26. The molecule has 1 aliphatic heterocycles. The van der Waals surface area contributed by atoms with Gasteiger partial charge in [-0.2, -0.15) is 4.98 Å². The number of nitrogens with zero attached hydrogens (tertiary/aromatic N) is 3. The lowest BCUT2D eigenvalue weighted by molar-refractivity contribution is 0.0305. The molecular formula is C13H22N4O2. The van der Waals surface area contributed by atoms with Gasteiger partial charge in [0.1, 0.15) is 6.61 Å². The van der Waals surface area contributed by atoms with Crippen molar-refractivity contribution in [2.45, 2.75) is 44.4 Å². The molecule has 0 spiro atoms. The van der Waals surface area contributed by atoms with Crippen molar-refractivity contribution in [1.82, 2.24) is 20.4 Å². The average Bonchev–Trinajstić information content (AvgIpc) is 3.08. The zero-order chi connectivity index (χ0) is 13.1. The van der Waals surface area contributed by atoms with E-state index in [9.17, 15) is 0 Å². The molecule has 1 N–H and O–H groups in total. The van der Waals surface area contributed by atoms with Crippen LogP contribution in [0.3, 0.4) is 0 Å². The van der Waals surface area contributed by atoms with E-state index in [1.54, 1.807) is 0 Å². The Labute approximate surface area is 113 Å². The van der Waals surface area contributed by atoms with Gasteiger partial charge in [0.25, 0.3) is 5.89 Å². The third kappa shape index (κ3) is 3.13. The van der Waals surface area contributed by atoms with Crippen LogP contribution in [-0.2, 0) is 11.3 Å². The zero-order valence-electron chi connectivity index (χ0n) is 11.5. The zero-order valence-corrected chi connectivity index (χ0v) is 11.5. The Morgan fingerprint density at radius 1 is 1.42 bits per heavy atom. The van der Waals surface area contributed by atoms with Crippen molar-refractivity contribution >= 4 is 0 Å². The van der Waals surface area contributed by atoms with E-state index in [0.29, 0.717) is 18.6 Å². The fourth-order valence-electron chi connectivity index (χ4n) is 2.80. The highest BCUT2D eigenvalue weighted by Crippen LogP contribution is 2.22. The Morgan fingerprint density at radius 2 is 2.26 bits per heavy atom. The maximum absolute atomic E-state index is 5.79. The van der Waals surface area contributed by atoms with E-state index in [4.69, 9.17) is 9.26 Å². The van der Waals surface area contributed by atoms with Gasteiger partial charge >= 0.3 is 0 Å². The fourth-order valence-corrected chi connectivity index (χ4v) is 2.80. The molecule has 1 saturated heterocycles. The highest BCUT2D eigenvalue weighted by atomic mass is 16.5. The van der Waals surface area contributed by atoms with Crippen LogP contribution in [0.25, 0.3) is 0 Å². The third-order valence-corrected chi connectivity index (χ3v) is 4.04. The molecule has 6 nitrogen and oxygen atoms in total. The van der Waals surface area contributed by atoms with Gasteiger partial charge in [-0.15, -0.1) is 0 Å². The molecule has 1 aliphatic carbocycles. The first-order valence-corrected chi connectivity index (χ1v) is 7.18. The summed E-state index contributed by atoms with van der Waals surface area (Å²) in [6.45, 7) is 3.34. The Morgan fingerprint density at radius 3 is 3.05 bits per heavy atom. The van der Waals surface area contributed by atoms with Crippen molar-refractivity contribution in [3.8, 4) is 0 Å². The second-order valence-corrected chi connectivity index (χ2v) is 5.46. The predicted molar refractivity (Wildman–Crippen MR) is 69.6 cm³/mol. The maximum Gasteiger partial charge on any atom is 0.252 e.